The Kier molecular flexibility index (Phi) is 6.82. The molecule has 20 heavy (non-hydrogen) atoms. The summed E-state index contributed by atoms with van der Waals surface area (Å²) in [6, 6.07) is 0. The van der Waals surface area contributed by atoms with Crippen LogP contribution in [0.25, 0.3) is 0 Å². The lowest BCUT2D eigenvalue weighted by molar-refractivity contribution is -0.108. The molecule has 0 amide bonds. The van der Waals surface area contributed by atoms with Gasteiger partial charge in [-0.15, -0.1) is 0 Å². The molecule has 0 heterocycles. The Morgan fingerprint density at radius 2 is 1.30 bits per heavy atom. The van der Waals surface area contributed by atoms with Crippen molar-refractivity contribution in [3.8, 4) is 0 Å². The second-order valence-electron chi connectivity index (χ2n) is 7.10. The smallest absolute Gasteiger partial charge is 0.120 e. The van der Waals surface area contributed by atoms with Gasteiger partial charge >= 0.3 is 0 Å². The summed E-state index contributed by atoms with van der Waals surface area (Å²) in [6.45, 7) is 2.34. The van der Waals surface area contributed by atoms with E-state index in [2.05, 4.69) is 19.1 Å². The molecule has 2 saturated carbocycles. The number of carbonyl (C=O) groups excluding carboxylic acids is 1. The molecular weight excluding hydrogens is 244 g/mol. The van der Waals surface area contributed by atoms with Gasteiger partial charge in [-0.25, -0.2) is 0 Å². The Morgan fingerprint density at radius 3 is 1.75 bits per heavy atom. The Balaban J connectivity index is 1.65. The van der Waals surface area contributed by atoms with Crippen LogP contribution in [0, 0.1) is 23.7 Å². The first-order chi connectivity index (χ1) is 9.81. The number of rotatable bonds is 6. The molecule has 2 fully saturated rings. The van der Waals surface area contributed by atoms with Gasteiger partial charge in [0.2, 0.25) is 0 Å². The summed E-state index contributed by atoms with van der Waals surface area (Å²) in [5, 5.41) is 0. The van der Waals surface area contributed by atoms with Crippen LogP contribution in [0.5, 0.6) is 0 Å². The summed E-state index contributed by atoms with van der Waals surface area (Å²) >= 11 is 0. The zero-order chi connectivity index (χ0) is 14.2. The van der Waals surface area contributed by atoms with Crippen LogP contribution in [0.3, 0.4) is 0 Å². The van der Waals surface area contributed by atoms with E-state index >= 15 is 0 Å². The van der Waals surface area contributed by atoms with Crippen LogP contribution in [0.4, 0.5) is 0 Å². The van der Waals surface area contributed by atoms with Crippen LogP contribution in [0.15, 0.2) is 12.2 Å². The third-order valence-electron chi connectivity index (χ3n) is 5.71. The zero-order valence-electron chi connectivity index (χ0n) is 13.2. The SMILES string of the molecule is CC[C@H]1CC[C@H](C=C[C@H]2CC[C@H](CCC=O)CC2)CC1. The highest BCUT2D eigenvalue weighted by Crippen LogP contribution is 2.34. The molecule has 0 N–H and O–H groups in total. The van der Waals surface area contributed by atoms with E-state index in [1.165, 1.54) is 57.8 Å². The minimum Gasteiger partial charge on any atom is -0.303 e. The van der Waals surface area contributed by atoms with Crippen LogP contribution in [-0.2, 0) is 4.79 Å². The first-order valence-corrected chi connectivity index (χ1v) is 8.93. The monoisotopic (exact) mass is 276 g/mol. The third kappa shape index (κ3) is 5.07. The molecule has 0 unspecified atom stereocenters. The predicted octanol–water partition coefficient (Wildman–Crippen LogP) is 5.54. The van der Waals surface area contributed by atoms with Crippen molar-refractivity contribution in [3.63, 3.8) is 0 Å². The van der Waals surface area contributed by atoms with Crippen molar-refractivity contribution < 1.29 is 4.79 Å². The Morgan fingerprint density at radius 1 is 0.800 bits per heavy atom. The van der Waals surface area contributed by atoms with Gasteiger partial charge in [0.05, 0.1) is 0 Å². The highest BCUT2D eigenvalue weighted by atomic mass is 16.1. The van der Waals surface area contributed by atoms with Crippen LogP contribution in [0.2, 0.25) is 0 Å². The van der Waals surface area contributed by atoms with Gasteiger partial charge in [0, 0.05) is 6.42 Å². The number of hydrogen-bond donors (Lipinski definition) is 0. The molecule has 1 nitrogen and oxygen atoms in total. The number of allylic oxidation sites excluding steroid dienone is 2. The Hall–Kier alpha value is -0.590. The van der Waals surface area contributed by atoms with Gasteiger partial charge < -0.3 is 4.79 Å². The topological polar surface area (TPSA) is 17.1 Å². The zero-order valence-corrected chi connectivity index (χ0v) is 13.2. The van der Waals surface area contributed by atoms with Crippen LogP contribution in [0.1, 0.15) is 77.6 Å². The molecule has 0 spiro atoms. The van der Waals surface area contributed by atoms with Gasteiger partial charge in [0.1, 0.15) is 6.29 Å². The maximum Gasteiger partial charge on any atom is 0.120 e. The Bertz CT molecular complexity index is 291. The fourth-order valence-corrected chi connectivity index (χ4v) is 4.08. The summed E-state index contributed by atoms with van der Waals surface area (Å²) in [5.41, 5.74) is 0. The van der Waals surface area contributed by atoms with Gasteiger partial charge in [0.25, 0.3) is 0 Å². The van der Waals surface area contributed by atoms with Crippen molar-refractivity contribution in [1.29, 1.82) is 0 Å². The van der Waals surface area contributed by atoms with Gasteiger partial charge in [-0.1, -0.05) is 25.5 Å². The van der Waals surface area contributed by atoms with Gasteiger partial charge in [-0.05, 0) is 81.5 Å². The summed E-state index contributed by atoms with van der Waals surface area (Å²) < 4.78 is 0. The summed E-state index contributed by atoms with van der Waals surface area (Å²) in [6.07, 6.45) is 20.6. The molecule has 0 saturated heterocycles. The second-order valence-corrected chi connectivity index (χ2v) is 7.10. The molecule has 114 valence electrons. The number of hydrogen-bond acceptors (Lipinski definition) is 1. The fraction of sp³-hybridized carbons (Fsp3) is 0.842. The maximum absolute atomic E-state index is 10.4. The van der Waals surface area contributed by atoms with Crippen molar-refractivity contribution in [2.45, 2.75) is 77.6 Å². The highest BCUT2D eigenvalue weighted by Gasteiger charge is 2.21. The average molecular weight is 276 g/mol. The highest BCUT2D eigenvalue weighted by molar-refractivity contribution is 5.49. The molecule has 0 atom stereocenters. The minimum absolute atomic E-state index is 0.770. The molecular formula is C19H32O. The van der Waals surface area contributed by atoms with E-state index < -0.39 is 0 Å². The largest absolute Gasteiger partial charge is 0.303 e. The lowest BCUT2D eigenvalue weighted by Gasteiger charge is -2.28. The second kappa shape index (κ2) is 8.64. The molecule has 2 rings (SSSR count). The quantitative estimate of drug-likeness (QED) is 0.459. The van der Waals surface area contributed by atoms with Crippen molar-refractivity contribution in [1.82, 2.24) is 0 Å². The number of aldehydes is 1. The molecule has 2 aliphatic rings. The molecule has 2 aliphatic carbocycles. The standard InChI is InChI=1S/C19H32O/c1-2-16-5-7-18(8-6-16)13-14-19-11-9-17(10-12-19)4-3-15-20/h13-19H,2-12H2,1H3/t16-,17-,18-,19-. The molecule has 0 bridgehead atoms. The van der Waals surface area contributed by atoms with E-state index in [-0.39, 0.29) is 0 Å². The average Bonchev–Trinajstić information content (AvgIpc) is 2.52. The maximum atomic E-state index is 10.4. The first kappa shape index (κ1) is 15.8. The van der Waals surface area contributed by atoms with Crippen LogP contribution >= 0.6 is 0 Å². The van der Waals surface area contributed by atoms with E-state index in [4.69, 9.17) is 0 Å². The van der Waals surface area contributed by atoms with Crippen molar-refractivity contribution in [3.05, 3.63) is 12.2 Å². The van der Waals surface area contributed by atoms with E-state index in [1.54, 1.807) is 0 Å². The predicted molar refractivity (Wildman–Crippen MR) is 85.6 cm³/mol. The van der Waals surface area contributed by atoms with Gasteiger partial charge in [0.15, 0.2) is 0 Å². The van der Waals surface area contributed by atoms with Crippen LogP contribution in [-0.4, -0.2) is 6.29 Å². The van der Waals surface area contributed by atoms with Crippen molar-refractivity contribution in [2.75, 3.05) is 0 Å². The molecule has 0 aromatic heterocycles. The Labute approximate surface area is 125 Å². The normalized spacial score (nSPS) is 35.2. The lowest BCUT2D eigenvalue weighted by atomic mass is 9.78. The number of carbonyl (C=O) groups is 1. The fourth-order valence-electron chi connectivity index (χ4n) is 4.08. The lowest BCUT2D eigenvalue weighted by Crippen LogP contribution is -2.15. The van der Waals surface area contributed by atoms with E-state index in [0.29, 0.717) is 0 Å². The van der Waals surface area contributed by atoms with Crippen molar-refractivity contribution in [2.24, 2.45) is 23.7 Å². The summed E-state index contributed by atoms with van der Waals surface area (Å²) in [5.74, 6) is 3.52. The molecule has 0 aromatic rings. The van der Waals surface area contributed by atoms with Gasteiger partial charge in [-0.2, -0.15) is 0 Å². The molecule has 0 aliphatic heterocycles. The van der Waals surface area contributed by atoms with E-state index in [9.17, 15) is 4.79 Å². The van der Waals surface area contributed by atoms with E-state index in [1.807, 2.05) is 0 Å². The van der Waals surface area contributed by atoms with Crippen molar-refractivity contribution >= 4 is 6.29 Å². The molecule has 1 heteroatoms. The van der Waals surface area contributed by atoms with E-state index in [0.717, 1.165) is 42.8 Å². The summed E-state index contributed by atoms with van der Waals surface area (Å²) in [7, 11) is 0. The van der Waals surface area contributed by atoms with Crippen LogP contribution < -0.4 is 0 Å². The third-order valence-corrected chi connectivity index (χ3v) is 5.71. The molecule has 0 aromatic carbocycles. The van der Waals surface area contributed by atoms with Gasteiger partial charge in [-0.3, -0.25) is 0 Å². The summed E-state index contributed by atoms with van der Waals surface area (Å²) in [4.78, 5) is 10.4. The first-order valence-electron chi connectivity index (χ1n) is 8.93. The molecule has 0 radical (unpaired) electrons. The minimum atomic E-state index is 0.770.